The molecule has 2 amide bonds. The quantitative estimate of drug-likeness (QED) is 0.421. The molecule has 0 saturated carbocycles. The first-order valence-corrected chi connectivity index (χ1v) is 10.7. The van der Waals surface area contributed by atoms with Crippen LogP contribution in [0.4, 0.5) is 16.2 Å². The molecule has 168 valence electrons. The third-order valence-corrected chi connectivity index (χ3v) is 4.53. The molecule has 0 saturated heterocycles. The van der Waals surface area contributed by atoms with Crippen LogP contribution in [0.2, 0.25) is 0 Å². The van der Waals surface area contributed by atoms with Gasteiger partial charge in [-0.2, -0.15) is 0 Å². The average molecular weight is 436 g/mol. The summed E-state index contributed by atoms with van der Waals surface area (Å²) in [4.78, 5) is 24.2. The van der Waals surface area contributed by atoms with Gasteiger partial charge in [0.2, 0.25) is 5.91 Å². The molecule has 1 aromatic heterocycles. The van der Waals surface area contributed by atoms with E-state index in [0.717, 1.165) is 29.9 Å². The van der Waals surface area contributed by atoms with Gasteiger partial charge in [0.15, 0.2) is 0 Å². The second kappa shape index (κ2) is 10.6. The zero-order valence-electron chi connectivity index (χ0n) is 18.7. The normalized spacial score (nSPS) is 11.1. The van der Waals surface area contributed by atoms with E-state index in [1.807, 2.05) is 75.4 Å². The summed E-state index contributed by atoms with van der Waals surface area (Å²) in [5.74, 6) is 0.729. The van der Waals surface area contributed by atoms with Gasteiger partial charge in [-0.15, -0.1) is 0 Å². The number of anilines is 2. The molecule has 7 heteroatoms. The predicted molar refractivity (Wildman–Crippen MR) is 124 cm³/mol. The molecule has 0 spiro atoms. The van der Waals surface area contributed by atoms with E-state index < -0.39 is 11.7 Å². The lowest BCUT2D eigenvalue weighted by Crippen LogP contribution is -2.27. The topological polar surface area (TPSA) is 93.5 Å². The highest BCUT2D eigenvalue weighted by Crippen LogP contribution is 2.28. The standard InChI is InChI=1S/C25H29N3O4/c1-25(2,3)31-24(30)27-21-15-9-8-14-20(21)22-17-19(32-28-22)13-7-10-16-23(29)26-18-11-5-4-6-12-18/h4-6,8-9,11-12,14-15,17H,7,10,13,16H2,1-3H3,(H,26,29)(H,27,30). The van der Waals surface area contributed by atoms with E-state index in [-0.39, 0.29) is 5.91 Å². The number of carbonyl (C=O) groups is 2. The van der Waals surface area contributed by atoms with Crippen molar-refractivity contribution in [1.82, 2.24) is 5.16 Å². The van der Waals surface area contributed by atoms with Crippen LogP contribution in [0, 0.1) is 0 Å². The highest BCUT2D eigenvalue weighted by atomic mass is 16.6. The SMILES string of the molecule is CC(C)(C)OC(=O)Nc1ccccc1-c1cc(CCCCC(=O)Nc2ccccc2)on1. The number of nitrogens with zero attached hydrogens (tertiary/aromatic N) is 1. The van der Waals surface area contributed by atoms with Gasteiger partial charge in [-0.25, -0.2) is 4.79 Å². The Labute approximate surface area is 188 Å². The number of nitrogens with one attached hydrogen (secondary N) is 2. The van der Waals surface area contributed by atoms with Crippen molar-refractivity contribution in [2.75, 3.05) is 10.6 Å². The Kier molecular flexibility index (Phi) is 7.65. The fourth-order valence-electron chi connectivity index (χ4n) is 3.12. The Morgan fingerprint density at radius 2 is 1.69 bits per heavy atom. The molecule has 0 bridgehead atoms. The van der Waals surface area contributed by atoms with Crippen LogP contribution in [0.15, 0.2) is 65.2 Å². The Morgan fingerprint density at radius 1 is 0.969 bits per heavy atom. The van der Waals surface area contributed by atoms with Crippen LogP contribution in [0.5, 0.6) is 0 Å². The zero-order valence-corrected chi connectivity index (χ0v) is 18.7. The second-order valence-electron chi connectivity index (χ2n) is 8.47. The number of amides is 2. The molecule has 0 fully saturated rings. The number of ether oxygens (including phenoxy) is 1. The van der Waals surface area contributed by atoms with Crippen molar-refractivity contribution >= 4 is 23.4 Å². The maximum atomic E-state index is 12.2. The van der Waals surface area contributed by atoms with Crippen LogP contribution in [-0.2, 0) is 16.0 Å². The first-order chi connectivity index (χ1) is 15.3. The van der Waals surface area contributed by atoms with Gasteiger partial charge in [0, 0.05) is 30.2 Å². The number of hydrogen-bond acceptors (Lipinski definition) is 5. The summed E-state index contributed by atoms with van der Waals surface area (Å²) in [6.07, 6.45) is 2.13. The van der Waals surface area contributed by atoms with Crippen molar-refractivity contribution in [1.29, 1.82) is 0 Å². The van der Waals surface area contributed by atoms with Crippen molar-refractivity contribution in [2.24, 2.45) is 0 Å². The summed E-state index contributed by atoms with van der Waals surface area (Å²) in [6, 6.07) is 18.6. The highest BCUT2D eigenvalue weighted by Gasteiger charge is 2.18. The minimum atomic E-state index is -0.585. The van der Waals surface area contributed by atoms with Crippen LogP contribution in [0.1, 0.15) is 45.8 Å². The Bertz CT molecular complexity index is 1040. The summed E-state index contributed by atoms with van der Waals surface area (Å²) in [7, 11) is 0. The van der Waals surface area contributed by atoms with Crippen LogP contribution in [0.25, 0.3) is 11.3 Å². The monoisotopic (exact) mass is 435 g/mol. The summed E-state index contributed by atoms with van der Waals surface area (Å²) >= 11 is 0. The molecule has 7 nitrogen and oxygen atoms in total. The number of carbonyl (C=O) groups excluding carboxylic acids is 2. The van der Waals surface area contributed by atoms with E-state index >= 15 is 0 Å². The molecule has 3 aromatic rings. The Hall–Kier alpha value is -3.61. The fourth-order valence-corrected chi connectivity index (χ4v) is 3.12. The van der Waals surface area contributed by atoms with E-state index in [9.17, 15) is 9.59 Å². The summed E-state index contributed by atoms with van der Waals surface area (Å²) in [5, 5.41) is 9.81. The van der Waals surface area contributed by atoms with E-state index in [2.05, 4.69) is 15.8 Å². The average Bonchev–Trinajstić information content (AvgIpc) is 3.20. The molecule has 0 radical (unpaired) electrons. The molecule has 1 heterocycles. The molecule has 2 N–H and O–H groups in total. The lowest BCUT2D eigenvalue weighted by atomic mass is 10.1. The molecule has 0 atom stereocenters. The lowest BCUT2D eigenvalue weighted by Gasteiger charge is -2.20. The first kappa shape index (κ1) is 23.1. The smallest absolute Gasteiger partial charge is 0.412 e. The molecule has 0 aliphatic carbocycles. The Morgan fingerprint density at radius 3 is 2.44 bits per heavy atom. The summed E-state index contributed by atoms with van der Waals surface area (Å²) in [6.45, 7) is 5.44. The van der Waals surface area contributed by atoms with Gasteiger partial charge in [-0.1, -0.05) is 41.6 Å². The molecule has 3 rings (SSSR count). The molecular formula is C25H29N3O4. The fraction of sp³-hybridized carbons (Fsp3) is 0.320. The third kappa shape index (κ3) is 7.27. The maximum Gasteiger partial charge on any atom is 0.412 e. The predicted octanol–water partition coefficient (Wildman–Crippen LogP) is 6.04. The van der Waals surface area contributed by atoms with E-state index in [0.29, 0.717) is 24.2 Å². The lowest BCUT2D eigenvalue weighted by molar-refractivity contribution is -0.116. The van der Waals surface area contributed by atoms with Crippen molar-refractivity contribution in [2.45, 2.75) is 52.1 Å². The number of aryl methyl sites for hydroxylation is 1. The molecule has 32 heavy (non-hydrogen) atoms. The van der Waals surface area contributed by atoms with Crippen molar-refractivity contribution in [3.63, 3.8) is 0 Å². The molecule has 0 aliphatic heterocycles. The number of para-hydroxylation sites is 2. The molecule has 0 aliphatic rings. The van der Waals surface area contributed by atoms with Gasteiger partial charge in [-0.3, -0.25) is 10.1 Å². The van der Waals surface area contributed by atoms with Gasteiger partial charge in [0.05, 0.1) is 5.69 Å². The van der Waals surface area contributed by atoms with E-state index in [1.165, 1.54) is 0 Å². The summed E-state index contributed by atoms with van der Waals surface area (Å²) in [5.41, 5.74) is 2.19. The first-order valence-electron chi connectivity index (χ1n) is 10.7. The highest BCUT2D eigenvalue weighted by molar-refractivity contribution is 5.91. The van der Waals surface area contributed by atoms with Gasteiger partial charge in [0.1, 0.15) is 17.1 Å². The largest absolute Gasteiger partial charge is 0.444 e. The third-order valence-electron chi connectivity index (χ3n) is 4.53. The molecule has 2 aromatic carbocycles. The van der Waals surface area contributed by atoms with Gasteiger partial charge >= 0.3 is 6.09 Å². The van der Waals surface area contributed by atoms with E-state index in [4.69, 9.17) is 9.26 Å². The van der Waals surface area contributed by atoms with Gasteiger partial charge < -0.3 is 14.6 Å². The second-order valence-corrected chi connectivity index (χ2v) is 8.47. The summed E-state index contributed by atoms with van der Waals surface area (Å²) < 4.78 is 10.8. The van der Waals surface area contributed by atoms with Crippen molar-refractivity contribution < 1.29 is 18.8 Å². The number of rotatable bonds is 8. The van der Waals surface area contributed by atoms with E-state index in [1.54, 1.807) is 6.07 Å². The zero-order chi connectivity index (χ0) is 23.0. The van der Waals surface area contributed by atoms with Crippen LogP contribution < -0.4 is 10.6 Å². The minimum Gasteiger partial charge on any atom is -0.444 e. The molecule has 0 unspecified atom stereocenters. The Balaban J connectivity index is 1.51. The minimum absolute atomic E-state index is 0.00314. The number of benzene rings is 2. The number of hydrogen-bond donors (Lipinski definition) is 2. The maximum absolute atomic E-state index is 12.2. The van der Waals surface area contributed by atoms with Gasteiger partial charge in [-0.05, 0) is 51.8 Å². The van der Waals surface area contributed by atoms with Crippen LogP contribution in [0.3, 0.4) is 0 Å². The number of unbranched alkanes of at least 4 members (excludes halogenated alkanes) is 1. The number of aromatic nitrogens is 1. The van der Waals surface area contributed by atoms with Crippen molar-refractivity contribution in [3.8, 4) is 11.3 Å². The van der Waals surface area contributed by atoms with Crippen LogP contribution >= 0.6 is 0 Å². The van der Waals surface area contributed by atoms with Crippen molar-refractivity contribution in [3.05, 3.63) is 66.4 Å². The van der Waals surface area contributed by atoms with Crippen LogP contribution in [-0.4, -0.2) is 22.8 Å². The van der Waals surface area contributed by atoms with Gasteiger partial charge in [0.25, 0.3) is 0 Å². The molecular weight excluding hydrogens is 406 g/mol.